The Morgan fingerprint density at radius 1 is 1.40 bits per heavy atom. The van der Waals surface area contributed by atoms with Crippen molar-refractivity contribution in [3.05, 3.63) is 16.9 Å². The van der Waals surface area contributed by atoms with E-state index in [1.807, 2.05) is 23.6 Å². The molecule has 4 nitrogen and oxygen atoms in total. The van der Waals surface area contributed by atoms with E-state index in [0.717, 1.165) is 28.3 Å². The van der Waals surface area contributed by atoms with E-state index in [4.69, 9.17) is 14.9 Å². The van der Waals surface area contributed by atoms with E-state index in [1.54, 1.807) is 0 Å². The number of aryl methyl sites for hydroxylation is 1. The fourth-order valence-corrected chi connectivity index (χ4v) is 2.77. The van der Waals surface area contributed by atoms with Crippen LogP contribution in [0.5, 0.6) is 11.5 Å². The van der Waals surface area contributed by atoms with Crippen LogP contribution in [0.2, 0.25) is 0 Å². The molecule has 0 atom stereocenters. The number of fused-ring (bicyclic) bond motifs is 2. The second-order valence-electron chi connectivity index (χ2n) is 3.32. The summed E-state index contributed by atoms with van der Waals surface area (Å²) in [5.74, 6) is 1.56. The molecule has 0 saturated carbocycles. The molecular weight excluding hydrogens is 212 g/mol. The van der Waals surface area contributed by atoms with E-state index < -0.39 is 0 Å². The van der Waals surface area contributed by atoms with Gasteiger partial charge >= 0.3 is 0 Å². The van der Waals surface area contributed by atoms with Crippen LogP contribution in [0.1, 0.15) is 6.92 Å². The molecule has 3 rings (SSSR count). The first-order chi connectivity index (χ1) is 7.29. The molecule has 5 heteroatoms. The molecule has 78 valence electrons. The lowest BCUT2D eigenvalue weighted by atomic mass is 10.3. The minimum absolute atomic E-state index is 0.298. The van der Waals surface area contributed by atoms with E-state index in [9.17, 15) is 0 Å². The van der Waals surface area contributed by atoms with Crippen molar-refractivity contribution in [3.63, 3.8) is 0 Å². The number of ether oxygens (including phenoxy) is 2. The molecule has 1 aliphatic rings. The largest absolute Gasteiger partial charge is 0.454 e. The summed E-state index contributed by atoms with van der Waals surface area (Å²) in [5.41, 5.74) is 1.05. The quantitative estimate of drug-likeness (QED) is 0.801. The number of hydrogen-bond donors (Lipinski definition) is 1. The summed E-state index contributed by atoms with van der Waals surface area (Å²) in [6.07, 6.45) is 0. The van der Waals surface area contributed by atoms with Crippen LogP contribution >= 0.6 is 11.3 Å². The Hall–Kier alpha value is -1.49. The molecule has 2 heterocycles. The highest BCUT2D eigenvalue weighted by Gasteiger charge is 2.16. The first-order valence-corrected chi connectivity index (χ1v) is 5.59. The van der Waals surface area contributed by atoms with Crippen molar-refractivity contribution in [1.29, 1.82) is 5.41 Å². The summed E-state index contributed by atoms with van der Waals surface area (Å²) >= 11 is 1.46. The molecule has 1 aromatic carbocycles. The number of benzene rings is 1. The molecule has 0 aliphatic carbocycles. The third-order valence-corrected chi connectivity index (χ3v) is 3.47. The number of aromatic nitrogens is 1. The first-order valence-electron chi connectivity index (χ1n) is 4.77. The van der Waals surface area contributed by atoms with Gasteiger partial charge in [0.05, 0.1) is 10.2 Å². The van der Waals surface area contributed by atoms with Crippen LogP contribution in [-0.4, -0.2) is 11.4 Å². The Morgan fingerprint density at radius 2 is 2.13 bits per heavy atom. The van der Waals surface area contributed by atoms with Gasteiger partial charge in [0.2, 0.25) is 6.79 Å². The van der Waals surface area contributed by atoms with Gasteiger partial charge in [-0.15, -0.1) is 0 Å². The Labute approximate surface area is 90.2 Å². The molecule has 0 amide bonds. The second kappa shape index (κ2) is 3.00. The zero-order valence-electron chi connectivity index (χ0n) is 8.24. The van der Waals surface area contributed by atoms with Crippen molar-refractivity contribution >= 4 is 21.6 Å². The first kappa shape index (κ1) is 8.79. The van der Waals surface area contributed by atoms with E-state index in [-0.39, 0.29) is 0 Å². The number of nitrogens with zero attached hydrogens (tertiary/aromatic N) is 1. The van der Waals surface area contributed by atoms with Crippen LogP contribution < -0.4 is 14.3 Å². The molecule has 0 saturated heterocycles. The molecule has 15 heavy (non-hydrogen) atoms. The Balaban J connectivity index is 2.38. The molecule has 0 fully saturated rings. The zero-order chi connectivity index (χ0) is 10.4. The molecule has 0 bridgehead atoms. The fraction of sp³-hybridized carbons (Fsp3) is 0.300. The lowest BCUT2D eigenvalue weighted by Crippen LogP contribution is -2.10. The number of thiazole rings is 1. The number of nitrogens with one attached hydrogen (secondary N) is 1. The van der Waals surface area contributed by atoms with Gasteiger partial charge in [0, 0.05) is 18.7 Å². The van der Waals surface area contributed by atoms with Gasteiger partial charge in [0.25, 0.3) is 0 Å². The van der Waals surface area contributed by atoms with Crippen molar-refractivity contribution in [2.24, 2.45) is 0 Å². The van der Waals surface area contributed by atoms with Gasteiger partial charge in [0.1, 0.15) is 0 Å². The van der Waals surface area contributed by atoms with E-state index in [2.05, 4.69) is 0 Å². The van der Waals surface area contributed by atoms with Crippen molar-refractivity contribution in [2.45, 2.75) is 13.5 Å². The van der Waals surface area contributed by atoms with Gasteiger partial charge in [-0.25, -0.2) is 0 Å². The summed E-state index contributed by atoms with van der Waals surface area (Å²) in [6, 6.07) is 3.90. The molecular formula is C10H10N2O2S. The predicted molar refractivity (Wildman–Crippen MR) is 57.5 cm³/mol. The van der Waals surface area contributed by atoms with E-state index in [0.29, 0.717) is 11.6 Å². The lowest BCUT2D eigenvalue weighted by molar-refractivity contribution is 0.174. The van der Waals surface area contributed by atoms with Gasteiger partial charge in [-0.2, -0.15) is 0 Å². The molecule has 0 unspecified atom stereocenters. The monoisotopic (exact) mass is 222 g/mol. The van der Waals surface area contributed by atoms with Crippen LogP contribution in [0, 0.1) is 5.41 Å². The Kier molecular flexibility index (Phi) is 1.76. The minimum Gasteiger partial charge on any atom is -0.454 e. The lowest BCUT2D eigenvalue weighted by Gasteiger charge is -2.00. The highest BCUT2D eigenvalue weighted by atomic mass is 32.1. The van der Waals surface area contributed by atoms with E-state index >= 15 is 0 Å². The molecule has 2 aromatic rings. The minimum atomic E-state index is 0.298. The number of hydrogen-bond acceptors (Lipinski definition) is 4. The van der Waals surface area contributed by atoms with Gasteiger partial charge in [0.15, 0.2) is 16.3 Å². The number of rotatable bonds is 1. The van der Waals surface area contributed by atoms with Crippen LogP contribution in [-0.2, 0) is 6.54 Å². The van der Waals surface area contributed by atoms with Gasteiger partial charge in [-0.1, -0.05) is 11.3 Å². The SMILES string of the molecule is CCn1c(=N)sc2cc3c(cc21)OCO3. The van der Waals surface area contributed by atoms with E-state index in [1.165, 1.54) is 11.3 Å². The third-order valence-electron chi connectivity index (χ3n) is 2.51. The fourth-order valence-electron chi connectivity index (χ4n) is 1.79. The van der Waals surface area contributed by atoms with Crippen LogP contribution in [0.15, 0.2) is 12.1 Å². The van der Waals surface area contributed by atoms with Gasteiger partial charge in [-0.3, -0.25) is 5.41 Å². The maximum atomic E-state index is 7.82. The normalized spacial score (nSPS) is 13.7. The molecule has 0 spiro atoms. The summed E-state index contributed by atoms with van der Waals surface area (Å²) in [4.78, 5) is 0.566. The zero-order valence-corrected chi connectivity index (χ0v) is 9.06. The van der Waals surface area contributed by atoms with Gasteiger partial charge < -0.3 is 14.0 Å². The third kappa shape index (κ3) is 1.16. The van der Waals surface area contributed by atoms with Crippen LogP contribution in [0.4, 0.5) is 0 Å². The van der Waals surface area contributed by atoms with Crippen molar-refractivity contribution in [3.8, 4) is 11.5 Å². The standard InChI is InChI=1S/C10H10N2O2S/c1-2-12-6-3-7-8(14-5-13-7)4-9(6)15-10(12)11/h3-4,11H,2,5H2,1H3. The van der Waals surface area contributed by atoms with Gasteiger partial charge in [-0.05, 0) is 6.92 Å². The molecule has 0 radical (unpaired) electrons. The average molecular weight is 222 g/mol. The Morgan fingerprint density at radius 3 is 2.87 bits per heavy atom. The summed E-state index contributed by atoms with van der Waals surface area (Å²) < 4.78 is 13.7. The summed E-state index contributed by atoms with van der Waals surface area (Å²) in [7, 11) is 0. The van der Waals surface area contributed by atoms with Crippen molar-refractivity contribution in [1.82, 2.24) is 4.57 Å². The van der Waals surface area contributed by atoms with Crippen LogP contribution in [0.3, 0.4) is 0 Å². The highest BCUT2D eigenvalue weighted by molar-refractivity contribution is 7.16. The average Bonchev–Trinajstić information content (AvgIpc) is 2.76. The molecule has 1 aromatic heterocycles. The summed E-state index contributed by atoms with van der Waals surface area (Å²) in [6.45, 7) is 3.14. The molecule has 1 aliphatic heterocycles. The molecule has 1 N–H and O–H groups in total. The maximum absolute atomic E-state index is 7.82. The maximum Gasteiger partial charge on any atom is 0.231 e. The van der Waals surface area contributed by atoms with Crippen molar-refractivity contribution < 1.29 is 9.47 Å². The van der Waals surface area contributed by atoms with Crippen LogP contribution in [0.25, 0.3) is 10.2 Å². The second-order valence-corrected chi connectivity index (χ2v) is 4.36. The summed E-state index contributed by atoms with van der Waals surface area (Å²) in [5, 5.41) is 7.82. The van der Waals surface area contributed by atoms with Crippen molar-refractivity contribution in [2.75, 3.05) is 6.79 Å². The Bertz CT molecular complexity index is 585. The smallest absolute Gasteiger partial charge is 0.231 e. The topological polar surface area (TPSA) is 47.2 Å². The predicted octanol–water partition coefficient (Wildman–Crippen LogP) is 1.93. The highest BCUT2D eigenvalue weighted by Crippen LogP contribution is 2.36.